The van der Waals surface area contributed by atoms with Gasteiger partial charge in [0.1, 0.15) is 17.6 Å². The lowest BCUT2D eigenvalue weighted by Gasteiger charge is -2.36. The third kappa shape index (κ3) is 5.86. The Balaban J connectivity index is 1.89. The normalized spacial score (nSPS) is 18.4. The number of rotatable bonds is 6. The zero-order valence-electron chi connectivity index (χ0n) is 13.8. The second-order valence-corrected chi connectivity index (χ2v) is 5.80. The molecule has 1 aliphatic rings. The van der Waals surface area contributed by atoms with Crippen molar-refractivity contribution in [3.05, 3.63) is 30.1 Å². The summed E-state index contributed by atoms with van der Waals surface area (Å²) in [6.07, 6.45) is -5.44. The van der Waals surface area contributed by atoms with E-state index in [9.17, 15) is 22.4 Å². The van der Waals surface area contributed by atoms with Gasteiger partial charge in [-0.2, -0.15) is 13.2 Å². The third-order valence-electron chi connectivity index (χ3n) is 3.94. The first-order chi connectivity index (χ1) is 11.8. The molecule has 2 atom stereocenters. The van der Waals surface area contributed by atoms with Crippen molar-refractivity contribution in [2.24, 2.45) is 0 Å². The number of hydrogen-bond acceptors (Lipinski definition) is 4. The fourth-order valence-corrected chi connectivity index (χ4v) is 2.56. The molecule has 1 heterocycles. The topological polar surface area (TPSA) is 53.6 Å². The molecule has 1 aliphatic heterocycles. The molecule has 140 valence electrons. The summed E-state index contributed by atoms with van der Waals surface area (Å²) in [5, 5.41) is 5.29. The van der Waals surface area contributed by atoms with Crippen LogP contribution in [0, 0.1) is 5.82 Å². The van der Waals surface area contributed by atoms with Crippen LogP contribution in [-0.4, -0.2) is 61.9 Å². The minimum atomic E-state index is -4.44. The van der Waals surface area contributed by atoms with Gasteiger partial charge in [-0.15, -0.1) is 0 Å². The van der Waals surface area contributed by atoms with E-state index in [1.54, 1.807) is 0 Å². The molecule has 1 amide bonds. The summed E-state index contributed by atoms with van der Waals surface area (Å²) in [6.45, 7) is 2.37. The fraction of sp³-hybridized carbons (Fsp3) is 0.562. The number of carbonyl (C=O) groups is 1. The molecule has 0 spiro atoms. The summed E-state index contributed by atoms with van der Waals surface area (Å²) in [4.78, 5) is 13.3. The highest BCUT2D eigenvalue weighted by atomic mass is 19.4. The summed E-state index contributed by atoms with van der Waals surface area (Å²) in [5.41, 5.74) is 0. The number of alkyl halides is 3. The van der Waals surface area contributed by atoms with Crippen molar-refractivity contribution in [2.45, 2.75) is 25.2 Å². The van der Waals surface area contributed by atoms with Crippen LogP contribution in [0.1, 0.15) is 6.92 Å². The Bertz CT molecular complexity index is 559. The van der Waals surface area contributed by atoms with E-state index in [2.05, 4.69) is 10.6 Å². The molecule has 9 heteroatoms. The van der Waals surface area contributed by atoms with Gasteiger partial charge in [-0.3, -0.25) is 9.69 Å². The van der Waals surface area contributed by atoms with E-state index in [1.165, 1.54) is 36.1 Å². The molecule has 2 unspecified atom stereocenters. The number of amides is 1. The average molecular weight is 363 g/mol. The average Bonchev–Trinajstić information content (AvgIpc) is 2.56. The van der Waals surface area contributed by atoms with Crippen LogP contribution >= 0.6 is 0 Å². The van der Waals surface area contributed by atoms with Crippen molar-refractivity contribution in [1.29, 1.82) is 0 Å². The Labute approximate surface area is 143 Å². The van der Waals surface area contributed by atoms with Crippen LogP contribution in [0.3, 0.4) is 0 Å². The first-order valence-corrected chi connectivity index (χ1v) is 7.99. The highest BCUT2D eigenvalue weighted by Crippen LogP contribution is 2.24. The van der Waals surface area contributed by atoms with Crippen LogP contribution in [0.4, 0.5) is 17.6 Å². The zero-order chi connectivity index (χ0) is 18.4. The van der Waals surface area contributed by atoms with Crippen LogP contribution in [0.5, 0.6) is 5.75 Å². The van der Waals surface area contributed by atoms with Crippen LogP contribution in [0.2, 0.25) is 0 Å². The Hall–Kier alpha value is -1.87. The molecule has 5 nitrogen and oxygen atoms in total. The molecule has 2 rings (SSSR count). The van der Waals surface area contributed by atoms with Gasteiger partial charge >= 0.3 is 6.18 Å². The highest BCUT2D eigenvalue weighted by molar-refractivity contribution is 5.80. The summed E-state index contributed by atoms with van der Waals surface area (Å²) in [6, 6.07) is 3.29. The molecule has 1 fully saturated rings. The van der Waals surface area contributed by atoms with Crippen LogP contribution < -0.4 is 15.4 Å². The Morgan fingerprint density at radius 1 is 1.28 bits per heavy atom. The molecule has 1 aromatic carbocycles. The SMILES string of the molecule is CC(Oc1ccc(F)cc1)C(=O)NCC(N1CCNCC1)C(F)(F)F. The van der Waals surface area contributed by atoms with Gasteiger partial charge in [0.25, 0.3) is 5.91 Å². The molecular weight excluding hydrogens is 342 g/mol. The summed E-state index contributed by atoms with van der Waals surface area (Å²) < 4.78 is 57.9. The first kappa shape index (κ1) is 19.5. The van der Waals surface area contributed by atoms with Gasteiger partial charge in [0, 0.05) is 32.7 Å². The number of piperazine rings is 1. The van der Waals surface area contributed by atoms with E-state index in [-0.39, 0.29) is 18.8 Å². The quantitative estimate of drug-likeness (QED) is 0.753. The Morgan fingerprint density at radius 3 is 2.44 bits per heavy atom. The van der Waals surface area contributed by atoms with E-state index in [1.807, 2.05) is 0 Å². The van der Waals surface area contributed by atoms with E-state index in [0.29, 0.717) is 13.1 Å². The predicted molar refractivity (Wildman–Crippen MR) is 83.8 cm³/mol. The summed E-state index contributed by atoms with van der Waals surface area (Å²) in [5.74, 6) is -0.847. The Kier molecular flexibility index (Phi) is 6.60. The van der Waals surface area contributed by atoms with Crippen molar-refractivity contribution >= 4 is 5.91 Å². The van der Waals surface area contributed by atoms with Gasteiger partial charge in [-0.25, -0.2) is 4.39 Å². The monoisotopic (exact) mass is 363 g/mol. The largest absolute Gasteiger partial charge is 0.481 e. The lowest BCUT2D eigenvalue weighted by Crippen LogP contribution is -2.58. The number of halogens is 4. The second-order valence-electron chi connectivity index (χ2n) is 5.80. The predicted octanol–water partition coefficient (Wildman–Crippen LogP) is 1.55. The smallest absolute Gasteiger partial charge is 0.405 e. The number of nitrogens with zero attached hydrogens (tertiary/aromatic N) is 1. The van der Waals surface area contributed by atoms with Gasteiger partial charge in [-0.1, -0.05) is 0 Å². The molecular formula is C16H21F4N3O2. The molecule has 0 aromatic heterocycles. The van der Waals surface area contributed by atoms with E-state index in [0.717, 1.165) is 0 Å². The maximum Gasteiger partial charge on any atom is 0.405 e. The Morgan fingerprint density at radius 2 is 1.88 bits per heavy atom. The first-order valence-electron chi connectivity index (χ1n) is 7.99. The highest BCUT2D eigenvalue weighted by Gasteiger charge is 2.44. The van der Waals surface area contributed by atoms with E-state index >= 15 is 0 Å². The maximum atomic E-state index is 13.3. The van der Waals surface area contributed by atoms with Gasteiger partial charge in [0.15, 0.2) is 6.10 Å². The number of ether oxygens (including phenoxy) is 1. The molecule has 1 aromatic rings. The zero-order valence-corrected chi connectivity index (χ0v) is 13.8. The van der Waals surface area contributed by atoms with E-state index < -0.39 is 36.6 Å². The van der Waals surface area contributed by atoms with Crippen LogP contribution in [0.25, 0.3) is 0 Å². The van der Waals surface area contributed by atoms with Gasteiger partial charge in [-0.05, 0) is 31.2 Å². The molecule has 1 saturated heterocycles. The number of carbonyl (C=O) groups excluding carboxylic acids is 1. The number of benzene rings is 1. The van der Waals surface area contributed by atoms with Crippen molar-refractivity contribution in [2.75, 3.05) is 32.7 Å². The summed E-state index contributed by atoms with van der Waals surface area (Å²) in [7, 11) is 0. The number of hydrogen-bond donors (Lipinski definition) is 2. The molecule has 0 saturated carbocycles. The fourth-order valence-electron chi connectivity index (χ4n) is 2.56. The molecule has 0 radical (unpaired) electrons. The number of nitrogens with one attached hydrogen (secondary N) is 2. The van der Waals surface area contributed by atoms with Gasteiger partial charge in [0.05, 0.1) is 0 Å². The lowest BCUT2D eigenvalue weighted by molar-refractivity contribution is -0.184. The third-order valence-corrected chi connectivity index (χ3v) is 3.94. The van der Waals surface area contributed by atoms with E-state index in [4.69, 9.17) is 4.74 Å². The molecule has 25 heavy (non-hydrogen) atoms. The second kappa shape index (κ2) is 8.48. The minimum absolute atomic E-state index is 0.263. The van der Waals surface area contributed by atoms with Crippen molar-refractivity contribution in [1.82, 2.24) is 15.5 Å². The van der Waals surface area contributed by atoms with Crippen LogP contribution in [-0.2, 0) is 4.79 Å². The molecule has 2 N–H and O–H groups in total. The van der Waals surface area contributed by atoms with Crippen molar-refractivity contribution in [3.8, 4) is 5.75 Å². The van der Waals surface area contributed by atoms with Gasteiger partial charge in [0.2, 0.25) is 0 Å². The standard InChI is InChI=1S/C16H21F4N3O2/c1-11(25-13-4-2-12(17)3-5-13)15(24)22-10-14(16(18,19)20)23-8-6-21-7-9-23/h2-5,11,14,21H,6-10H2,1H3,(H,22,24). The molecule has 0 aliphatic carbocycles. The summed E-state index contributed by atoms with van der Waals surface area (Å²) >= 11 is 0. The minimum Gasteiger partial charge on any atom is -0.481 e. The molecule has 0 bridgehead atoms. The van der Waals surface area contributed by atoms with Gasteiger partial charge < -0.3 is 15.4 Å². The van der Waals surface area contributed by atoms with Crippen LogP contribution in [0.15, 0.2) is 24.3 Å². The van der Waals surface area contributed by atoms with Crippen molar-refractivity contribution in [3.63, 3.8) is 0 Å². The maximum absolute atomic E-state index is 13.3. The lowest BCUT2D eigenvalue weighted by atomic mass is 10.2. The van der Waals surface area contributed by atoms with Crippen molar-refractivity contribution < 1.29 is 27.1 Å².